The lowest BCUT2D eigenvalue weighted by Gasteiger charge is -2.13. The molecule has 0 spiro atoms. The van der Waals surface area contributed by atoms with Gasteiger partial charge in [-0.2, -0.15) is 0 Å². The van der Waals surface area contributed by atoms with Gasteiger partial charge in [-0.25, -0.2) is 4.68 Å². The number of anilines is 1. The molecular weight excluding hydrogens is 250 g/mol. The van der Waals surface area contributed by atoms with Crippen molar-refractivity contribution >= 4 is 5.69 Å². The van der Waals surface area contributed by atoms with Crippen LogP contribution in [0.3, 0.4) is 0 Å². The molecule has 2 N–H and O–H groups in total. The van der Waals surface area contributed by atoms with Crippen LogP contribution >= 0.6 is 0 Å². The highest BCUT2D eigenvalue weighted by molar-refractivity contribution is 5.60. The van der Waals surface area contributed by atoms with Gasteiger partial charge in [-0.05, 0) is 35.0 Å². The van der Waals surface area contributed by atoms with Crippen molar-refractivity contribution in [2.24, 2.45) is 0 Å². The molecule has 20 heavy (non-hydrogen) atoms. The van der Waals surface area contributed by atoms with E-state index in [2.05, 4.69) is 34.6 Å². The summed E-state index contributed by atoms with van der Waals surface area (Å²) in [4.78, 5) is 0. The van der Waals surface area contributed by atoms with Gasteiger partial charge in [-0.15, -0.1) is 5.10 Å². The van der Waals surface area contributed by atoms with E-state index in [1.165, 1.54) is 0 Å². The number of aromatic nitrogens is 4. The smallest absolute Gasteiger partial charge is 0.182 e. The predicted molar refractivity (Wildman–Crippen MR) is 77.9 cm³/mol. The summed E-state index contributed by atoms with van der Waals surface area (Å²) < 4.78 is 1.81. The number of nitrogens with two attached hydrogens (primary N) is 1. The van der Waals surface area contributed by atoms with Crippen molar-refractivity contribution in [2.45, 2.75) is 13.0 Å². The molecule has 0 aliphatic heterocycles. The maximum absolute atomic E-state index is 5.82. The fourth-order valence-corrected chi connectivity index (χ4v) is 2.20. The zero-order valence-electron chi connectivity index (χ0n) is 11.1. The van der Waals surface area contributed by atoms with Crippen LogP contribution in [0.2, 0.25) is 0 Å². The van der Waals surface area contributed by atoms with Gasteiger partial charge in [0.05, 0.1) is 6.04 Å². The van der Waals surface area contributed by atoms with Crippen molar-refractivity contribution in [1.29, 1.82) is 0 Å². The first-order valence-corrected chi connectivity index (χ1v) is 6.44. The molecule has 3 rings (SSSR count). The third-order valence-electron chi connectivity index (χ3n) is 3.29. The second kappa shape index (κ2) is 5.13. The monoisotopic (exact) mass is 265 g/mol. The van der Waals surface area contributed by atoms with Gasteiger partial charge >= 0.3 is 0 Å². The molecule has 1 aromatic heterocycles. The summed E-state index contributed by atoms with van der Waals surface area (Å²) in [6, 6.07) is 17.8. The zero-order chi connectivity index (χ0) is 13.9. The third kappa shape index (κ3) is 2.25. The first-order valence-electron chi connectivity index (χ1n) is 6.44. The van der Waals surface area contributed by atoms with Crippen LogP contribution in [0.25, 0.3) is 11.4 Å². The average Bonchev–Trinajstić information content (AvgIpc) is 2.97. The minimum atomic E-state index is 0.0580. The number of nitrogens with zero attached hydrogens (tertiary/aromatic N) is 4. The fourth-order valence-electron chi connectivity index (χ4n) is 2.20. The Morgan fingerprint density at radius 2 is 1.85 bits per heavy atom. The Labute approximate surface area is 117 Å². The normalized spacial score (nSPS) is 12.2. The summed E-state index contributed by atoms with van der Waals surface area (Å²) in [6.07, 6.45) is 0. The Kier molecular flexibility index (Phi) is 3.16. The molecule has 0 saturated carbocycles. The highest BCUT2D eigenvalue weighted by Crippen LogP contribution is 2.24. The average molecular weight is 265 g/mol. The van der Waals surface area contributed by atoms with Gasteiger partial charge in [0.15, 0.2) is 5.82 Å². The lowest BCUT2D eigenvalue weighted by molar-refractivity contribution is 0.548. The van der Waals surface area contributed by atoms with E-state index >= 15 is 0 Å². The summed E-state index contributed by atoms with van der Waals surface area (Å²) in [5.41, 5.74) is 8.59. The molecule has 0 aliphatic rings. The second-order valence-corrected chi connectivity index (χ2v) is 4.66. The molecule has 0 bridgehead atoms. The minimum absolute atomic E-state index is 0.0580. The van der Waals surface area contributed by atoms with Crippen LogP contribution in [0.4, 0.5) is 5.69 Å². The quantitative estimate of drug-likeness (QED) is 0.739. The fraction of sp³-hybridized carbons (Fsp3) is 0.133. The number of tetrazole rings is 1. The van der Waals surface area contributed by atoms with E-state index in [1.807, 2.05) is 47.1 Å². The van der Waals surface area contributed by atoms with Crippen LogP contribution in [-0.2, 0) is 0 Å². The third-order valence-corrected chi connectivity index (χ3v) is 3.29. The lowest BCUT2D eigenvalue weighted by Crippen LogP contribution is -2.10. The van der Waals surface area contributed by atoms with Crippen molar-refractivity contribution < 1.29 is 0 Å². The number of hydrogen-bond donors (Lipinski definition) is 1. The van der Waals surface area contributed by atoms with E-state index in [0.717, 1.165) is 11.1 Å². The summed E-state index contributed by atoms with van der Waals surface area (Å²) in [7, 11) is 0. The Balaban J connectivity index is 2.03. The van der Waals surface area contributed by atoms with Gasteiger partial charge < -0.3 is 5.73 Å². The summed E-state index contributed by atoms with van der Waals surface area (Å²) >= 11 is 0. The molecule has 1 unspecified atom stereocenters. The van der Waals surface area contributed by atoms with Crippen molar-refractivity contribution in [3.05, 3.63) is 60.2 Å². The standard InChI is InChI=1S/C15H15N5/c1-11(12-6-3-2-4-7-12)20-15(17-18-19-20)13-8-5-9-14(16)10-13/h2-11H,16H2,1H3. The Hall–Kier alpha value is -2.69. The topological polar surface area (TPSA) is 69.6 Å². The Morgan fingerprint density at radius 3 is 2.60 bits per heavy atom. The van der Waals surface area contributed by atoms with Crippen LogP contribution in [-0.4, -0.2) is 20.2 Å². The molecule has 0 radical (unpaired) electrons. The molecule has 0 amide bonds. The molecule has 5 nitrogen and oxygen atoms in total. The second-order valence-electron chi connectivity index (χ2n) is 4.66. The first-order chi connectivity index (χ1) is 9.75. The van der Waals surface area contributed by atoms with Crippen LogP contribution < -0.4 is 5.73 Å². The van der Waals surface area contributed by atoms with Crippen LogP contribution in [0, 0.1) is 0 Å². The molecule has 3 aromatic rings. The maximum atomic E-state index is 5.82. The van der Waals surface area contributed by atoms with E-state index in [4.69, 9.17) is 5.73 Å². The molecule has 2 aromatic carbocycles. The van der Waals surface area contributed by atoms with Crippen molar-refractivity contribution in [2.75, 3.05) is 5.73 Å². The van der Waals surface area contributed by atoms with Gasteiger partial charge in [0, 0.05) is 11.3 Å². The van der Waals surface area contributed by atoms with E-state index in [1.54, 1.807) is 0 Å². The van der Waals surface area contributed by atoms with E-state index < -0.39 is 0 Å². The van der Waals surface area contributed by atoms with Gasteiger partial charge in [0.2, 0.25) is 0 Å². The number of benzene rings is 2. The largest absolute Gasteiger partial charge is 0.399 e. The van der Waals surface area contributed by atoms with Gasteiger partial charge in [0.1, 0.15) is 0 Å². The van der Waals surface area contributed by atoms with Crippen LogP contribution in [0.1, 0.15) is 18.5 Å². The molecule has 0 aliphatic carbocycles. The van der Waals surface area contributed by atoms with Crippen LogP contribution in [0.5, 0.6) is 0 Å². The number of hydrogen-bond acceptors (Lipinski definition) is 4. The Bertz CT molecular complexity index is 705. The van der Waals surface area contributed by atoms with Crippen molar-refractivity contribution in [3.63, 3.8) is 0 Å². The van der Waals surface area contributed by atoms with Crippen LogP contribution in [0.15, 0.2) is 54.6 Å². The first kappa shape index (κ1) is 12.3. The SMILES string of the molecule is CC(c1ccccc1)n1nnnc1-c1cccc(N)c1. The van der Waals surface area contributed by atoms with E-state index in [-0.39, 0.29) is 6.04 Å². The molecule has 5 heteroatoms. The van der Waals surface area contributed by atoms with Crippen molar-refractivity contribution in [1.82, 2.24) is 20.2 Å². The van der Waals surface area contributed by atoms with E-state index in [0.29, 0.717) is 11.5 Å². The van der Waals surface area contributed by atoms with Gasteiger partial charge in [0.25, 0.3) is 0 Å². The highest BCUT2D eigenvalue weighted by atomic mass is 15.5. The van der Waals surface area contributed by atoms with E-state index in [9.17, 15) is 0 Å². The maximum Gasteiger partial charge on any atom is 0.182 e. The molecule has 0 fully saturated rings. The number of rotatable bonds is 3. The summed E-state index contributed by atoms with van der Waals surface area (Å²) in [6.45, 7) is 2.07. The molecule has 0 saturated heterocycles. The predicted octanol–water partition coefficient (Wildman–Crippen LogP) is 2.53. The molecule has 1 atom stereocenters. The Morgan fingerprint density at radius 1 is 1.05 bits per heavy atom. The lowest BCUT2D eigenvalue weighted by atomic mass is 10.1. The summed E-state index contributed by atoms with van der Waals surface area (Å²) in [5, 5.41) is 12.0. The van der Waals surface area contributed by atoms with Crippen molar-refractivity contribution in [3.8, 4) is 11.4 Å². The molecular formula is C15H15N5. The number of nitrogen functional groups attached to an aromatic ring is 1. The van der Waals surface area contributed by atoms with Gasteiger partial charge in [-0.1, -0.05) is 42.5 Å². The molecule has 1 heterocycles. The zero-order valence-corrected chi connectivity index (χ0v) is 11.1. The minimum Gasteiger partial charge on any atom is -0.399 e. The van der Waals surface area contributed by atoms with Gasteiger partial charge in [-0.3, -0.25) is 0 Å². The summed E-state index contributed by atoms with van der Waals surface area (Å²) in [5.74, 6) is 0.716. The molecule has 100 valence electrons. The highest BCUT2D eigenvalue weighted by Gasteiger charge is 2.16.